The Morgan fingerprint density at radius 3 is 2.85 bits per heavy atom. The Bertz CT molecular complexity index is 1060. The van der Waals surface area contributed by atoms with Gasteiger partial charge >= 0.3 is 5.97 Å². The lowest BCUT2D eigenvalue weighted by Crippen LogP contribution is -2.80. The number of hydrogen-bond donors (Lipinski definition) is 1. The van der Waals surface area contributed by atoms with E-state index in [0.29, 0.717) is 24.0 Å². The van der Waals surface area contributed by atoms with Crippen molar-refractivity contribution in [3.63, 3.8) is 0 Å². The van der Waals surface area contributed by atoms with Gasteiger partial charge in [0.15, 0.2) is 11.5 Å². The molecule has 2 fully saturated rings. The number of ether oxygens (including phenoxy) is 3. The molecule has 6 aliphatic rings. The molecule has 7 atom stereocenters. The Kier molecular flexibility index (Phi) is 4.34. The van der Waals surface area contributed by atoms with E-state index in [0.717, 1.165) is 32.2 Å². The highest BCUT2D eigenvalue weighted by molar-refractivity contribution is 5.73. The normalized spacial score (nSPS) is 41.3. The van der Waals surface area contributed by atoms with Gasteiger partial charge in [0.25, 0.3) is 0 Å². The first-order valence-corrected chi connectivity index (χ1v) is 12.4. The predicted molar refractivity (Wildman–Crippen MR) is 124 cm³/mol. The number of esters is 1. The third-order valence-electron chi connectivity index (χ3n) is 9.82. The summed E-state index contributed by atoms with van der Waals surface area (Å²) < 4.78 is 18.9. The highest BCUT2D eigenvalue weighted by atomic mass is 16.6. The van der Waals surface area contributed by atoms with Crippen LogP contribution in [0.15, 0.2) is 24.3 Å². The molecule has 1 N–H and O–H groups in total. The van der Waals surface area contributed by atoms with Crippen LogP contribution < -0.4 is 9.47 Å². The maximum absolute atomic E-state index is 11.9. The first-order chi connectivity index (χ1) is 15.7. The quantitative estimate of drug-likeness (QED) is 0.419. The molecule has 1 aromatic rings. The Balaban J connectivity index is 1.63. The van der Waals surface area contributed by atoms with E-state index in [1.54, 1.807) is 7.11 Å². The molecule has 0 aromatic heterocycles. The smallest absolute Gasteiger partial charge is 0.308 e. The lowest BCUT2D eigenvalue weighted by molar-refractivity contribution is -0.247. The van der Waals surface area contributed by atoms with Gasteiger partial charge in [-0.1, -0.05) is 31.6 Å². The average Bonchev–Trinajstić information content (AvgIpc) is 3.14. The molecule has 1 aromatic carbocycles. The molecule has 1 saturated carbocycles. The molecule has 2 spiro atoms. The minimum absolute atomic E-state index is 0.0971. The zero-order valence-electron chi connectivity index (χ0n) is 20.3. The molecule has 2 heterocycles. The van der Waals surface area contributed by atoms with E-state index >= 15 is 0 Å². The lowest BCUT2D eigenvalue weighted by Gasteiger charge is -2.72. The zero-order valence-corrected chi connectivity index (χ0v) is 20.3. The number of carbonyl (C=O) groups is 1. The fraction of sp³-hybridized carbons (Fsp3) is 0.667. The topological polar surface area (TPSA) is 68.2 Å². The van der Waals surface area contributed by atoms with E-state index in [9.17, 15) is 9.90 Å². The van der Waals surface area contributed by atoms with Gasteiger partial charge in [-0.3, -0.25) is 4.79 Å². The minimum atomic E-state index is -0.881. The van der Waals surface area contributed by atoms with Crippen molar-refractivity contribution < 1.29 is 24.1 Å². The first kappa shape index (κ1) is 21.6. The molecule has 1 unspecified atom stereocenters. The van der Waals surface area contributed by atoms with Crippen LogP contribution in [0.4, 0.5) is 0 Å². The maximum atomic E-state index is 11.9. The molecule has 33 heavy (non-hydrogen) atoms. The summed E-state index contributed by atoms with van der Waals surface area (Å²) in [6.45, 7) is 6.50. The summed E-state index contributed by atoms with van der Waals surface area (Å²) in [5.41, 5.74) is 0.452. The molecule has 2 aliphatic heterocycles. The molecule has 178 valence electrons. The van der Waals surface area contributed by atoms with Crippen LogP contribution in [-0.2, 0) is 21.4 Å². The van der Waals surface area contributed by atoms with Crippen molar-refractivity contribution in [2.75, 3.05) is 20.7 Å². The van der Waals surface area contributed by atoms with Crippen LogP contribution in [-0.4, -0.2) is 60.0 Å². The summed E-state index contributed by atoms with van der Waals surface area (Å²) in [5, 5.41) is 11.8. The Hall–Kier alpha value is -1.89. The predicted octanol–water partition coefficient (Wildman–Crippen LogP) is 3.38. The fourth-order valence-electron chi connectivity index (χ4n) is 8.67. The molecule has 7 rings (SSSR count). The van der Waals surface area contributed by atoms with Gasteiger partial charge in [0.05, 0.1) is 11.0 Å². The van der Waals surface area contributed by atoms with E-state index in [4.69, 9.17) is 14.2 Å². The van der Waals surface area contributed by atoms with Crippen LogP contribution >= 0.6 is 0 Å². The monoisotopic (exact) mass is 453 g/mol. The number of likely N-dealkylation sites (N-methyl/N-ethyl adjacent to an activating group) is 1. The molecule has 6 heteroatoms. The van der Waals surface area contributed by atoms with Crippen molar-refractivity contribution in [3.05, 3.63) is 35.4 Å². The standard InChI is InChI=1S/C27H35NO5/c1-6-9-24(3,30)19-15-25-10-11-27(19,31-5)23-26(25)12-13-28(4)20(25)14-17-7-8-18(32-16(2)29)22(33-23)21(17)26/h7-8,10-11,19-20,23,30H,6,9,12-15H2,1-5H3/t19-,20?,23-,24-,25-,26+,27-/m1/s1. The van der Waals surface area contributed by atoms with Crippen LogP contribution in [0.2, 0.25) is 0 Å². The van der Waals surface area contributed by atoms with Gasteiger partial charge in [-0.25, -0.2) is 0 Å². The van der Waals surface area contributed by atoms with Gasteiger partial charge in [-0.2, -0.15) is 0 Å². The Labute approximate surface area is 195 Å². The van der Waals surface area contributed by atoms with Gasteiger partial charge in [0, 0.05) is 37.0 Å². The Morgan fingerprint density at radius 1 is 1.36 bits per heavy atom. The number of fused-ring (bicyclic) bond motifs is 1. The van der Waals surface area contributed by atoms with E-state index in [2.05, 4.69) is 37.1 Å². The zero-order chi connectivity index (χ0) is 23.4. The average molecular weight is 454 g/mol. The first-order valence-electron chi connectivity index (χ1n) is 12.4. The highest BCUT2D eigenvalue weighted by Gasteiger charge is 2.80. The number of likely N-dealkylation sites (tertiary alicyclic amines) is 1. The number of aliphatic hydroxyl groups is 1. The highest BCUT2D eigenvalue weighted by Crippen LogP contribution is 2.75. The molecule has 0 amide bonds. The van der Waals surface area contributed by atoms with Crippen molar-refractivity contribution in [2.24, 2.45) is 11.3 Å². The summed E-state index contributed by atoms with van der Waals surface area (Å²) in [6, 6.07) is 4.33. The molecule has 4 aliphatic carbocycles. The number of benzene rings is 1. The number of hydrogen-bond acceptors (Lipinski definition) is 6. The van der Waals surface area contributed by atoms with Crippen molar-refractivity contribution in [1.29, 1.82) is 0 Å². The molecule has 6 nitrogen and oxygen atoms in total. The third kappa shape index (κ3) is 2.33. The second kappa shape index (κ2) is 6.61. The van der Waals surface area contributed by atoms with Crippen LogP contribution in [0, 0.1) is 11.3 Å². The van der Waals surface area contributed by atoms with Crippen molar-refractivity contribution >= 4 is 5.97 Å². The van der Waals surface area contributed by atoms with E-state index in [-0.39, 0.29) is 28.8 Å². The summed E-state index contributed by atoms with van der Waals surface area (Å²) in [6.07, 6.45) is 8.69. The van der Waals surface area contributed by atoms with Gasteiger partial charge < -0.3 is 24.2 Å². The minimum Gasteiger partial charge on any atom is -0.482 e. The number of rotatable bonds is 5. The third-order valence-corrected chi connectivity index (χ3v) is 9.82. The van der Waals surface area contributed by atoms with Crippen molar-refractivity contribution in [2.45, 2.75) is 81.6 Å². The molecule has 4 bridgehead atoms. The van der Waals surface area contributed by atoms with Crippen molar-refractivity contribution in [1.82, 2.24) is 4.90 Å². The maximum Gasteiger partial charge on any atom is 0.308 e. The molecular formula is C27H35NO5. The van der Waals surface area contributed by atoms with Crippen LogP contribution in [0.1, 0.15) is 57.6 Å². The van der Waals surface area contributed by atoms with E-state index in [1.165, 1.54) is 18.1 Å². The second-order valence-corrected chi connectivity index (χ2v) is 11.2. The molecular weight excluding hydrogens is 418 g/mol. The number of methoxy groups -OCH3 is 1. The fourth-order valence-corrected chi connectivity index (χ4v) is 8.67. The number of piperidine rings is 1. The van der Waals surface area contributed by atoms with Crippen LogP contribution in [0.25, 0.3) is 0 Å². The van der Waals surface area contributed by atoms with Gasteiger partial charge in [0.1, 0.15) is 11.7 Å². The van der Waals surface area contributed by atoms with Crippen LogP contribution in [0.5, 0.6) is 11.5 Å². The number of carbonyl (C=O) groups excluding carboxylic acids is 1. The number of nitrogens with zero attached hydrogens (tertiary/aromatic N) is 1. The lowest BCUT2D eigenvalue weighted by atomic mass is 9.36. The largest absolute Gasteiger partial charge is 0.482 e. The van der Waals surface area contributed by atoms with E-state index < -0.39 is 11.2 Å². The summed E-state index contributed by atoms with van der Waals surface area (Å²) in [7, 11) is 3.99. The SMILES string of the molecule is CCC[C@@](C)(O)[C@H]1C[C@@]23C=C[C@]1(OC)[C@@H]1Oc4c(OC(C)=O)ccc5c4[C@@]12CCN(C)C3C5. The van der Waals surface area contributed by atoms with Gasteiger partial charge in [0.2, 0.25) is 0 Å². The summed E-state index contributed by atoms with van der Waals surface area (Å²) >= 11 is 0. The van der Waals surface area contributed by atoms with E-state index in [1.807, 2.05) is 13.0 Å². The summed E-state index contributed by atoms with van der Waals surface area (Å²) in [5.74, 6) is 0.765. The van der Waals surface area contributed by atoms with Gasteiger partial charge in [-0.05, 0) is 57.8 Å². The van der Waals surface area contributed by atoms with Crippen molar-refractivity contribution in [3.8, 4) is 11.5 Å². The second-order valence-electron chi connectivity index (χ2n) is 11.2. The molecule has 0 radical (unpaired) electrons. The Morgan fingerprint density at radius 2 is 2.15 bits per heavy atom. The molecule has 1 saturated heterocycles. The summed E-state index contributed by atoms with van der Waals surface area (Å²) in [4.78, 5) is 14.4. The van der Waals surface area contributed by atoms with Gasteiger partial charge in [-0.15, -0.1) is 0 Å². The van der Waals surface area contributed by atoms with Crippen LogP contribution in [0.3, 0.4) is 0 Å².